The highest BCUT2D eigenvalue weighted by atomic mass is 79.9. The first kappa shape index (κ1) is 14.9. The number of rotatable bonds is 4. The van der Waals surface area contributed by atoms with E-state index in [0.29, 0.717) is 11.5 Å². The number of hydrogen-bond donors (Lipinski definition) is 1. The SMILES string of the molecule is CCNC(C)c1ccc(N2CCC(C)(C)C2)c(Br)c1. The molecule has 1 atom stereocenters. The fraction of sp³-hybridized carbons (Fsp3) is 0.625. The van der Waals surface area contributed by atoms with Crippen LogP contribution in [0.3, 0.4) is 0 Å². The van der Waals surface area contributed by atoms with Crippen molar-refractivity contribution in [3.05, 3.63) is 28.2 Å². The third-order valence-electron chi connectivity index (χ3n) is 4.00. The normalized spacial score (nSPS) is 19.7. The molecular formula is C16H25BrN2. The number of hydrogen-bond acceptors (Lipinski definition) is 2. The molecule has 1 N–H and O–H groups in total. The maximum atomic E-state index is 3.74. The lowest BCUT2D eigenvalue weighted by Gasteiger charge is -2.24. The van der Waals surface area contributed by atoms with Gasteiger partial charge in [-0.3, -0.25) is 0 Å². The summed E-state index contributed by atoms with van der Waals surface area (Å²) in [6, 6.07) is 7.17. The van der Waals surface area contributed by atoms with Gasteiger partial charge >= 0.3 is 0 Å². The van der Waals surface area contributed by atoms with E-state index in [4.69, 9.17) is 0 Å². The first-order valence-electron chi connectivity index (χ1n) is 7.21. The Morgan fingerprint density at radius 3 is 2.68 bits per heavy atom. The Kier molecular flexibility index (Phi) is 4.57. The van der Waals surface area contributed by atoms with Crippen LogP contribution in [0.1, 0.15) is 45.7 Å². The summed E-state index contributed by atoms with van der Waals surface area (Å²) in [6.45, 7) is 12.4. The van der Waals surface area contributed by atoms with E-state index in [-0.39, 0.29) is 0 Å². The average molecular weight is 325 g/mol. The largest absolute Gasteiger partial charge is 0.370 e. The van der Waals surface area contributed by atoms with Gasteiger partial charge in [-0.15, -0.1) is 0 Å². The van der Waals surface area contributed by atoms with Crippen LogP contribution in [0.4, 0.5) is 5.69 Å². The number of halogens is 1. The molecule has 1 aliphatic heterocycles. The quantitative estimate of drug-likeness (QED) is 0.885. The van der Waals surface area contributed by atoms with Crippen molar-refractivity contribution < 1.29 is 0 Å². The molecule has 0 spiro atoms. The van der Waals surface area contributed by atoms with Gasteiger partial charge in [0.05, 0.1) is 5.69 Å². The molecule has 0 saturated carbocycles. The van der Waals surface area contributed by atoms with Gasteiger partial charge in [0.15, 0.2) is 0 Å². The Labute approximate surface area is 125 Å². The molecule has 0 bridgehead atoms. The smallest absolute Gasteiger partial charge is 0.0511 e. The molecule has 1 saturated heterocycles. The second kappa shape index (κ2) is 5.84. The van der Waals surface area contributed by atoms with Gasteiger partial charge in [0, 0.05) is 23.6 Å². The van der Waals surface area contributed by atoms with E-state index in [1.54, 1.807) is 0 Å². The monoisotopic (exact) mass is 324 g/mol. The summed E-state index contributed by atoms with van der Waals surface area (Å²) in [5, 5.41) is 3.46. The van der Waals surface area contributed by atoms with Crippen LogP contribution in [0.5, 0.6) is 0 Å². The van der Waals surface area contributed by atoms with Crippen LogP contribution in [0.15, 0.2) is 22.7 Å². The number of benzene rings is 1. The lowest BCUT2D eigenvalue weighted by molar-refractivity contribution is 0.418. The van der Waals surface area contributed by atoms with Crippen LogP contribution < -0.4 is 10.2 Å². The second-order valence-electron chi connectivity index (χ2n) is 6.33. The van der Waals surface area contributed by atoms with Crippen LogP contribution in [-0.4, -0.2) is 19.6 Å². The number of nitrogens with one attached hydrogen (secondary N) is 1. The van der Waals surface area contributed by atoms with Crippen molar-refractivity contribution in [1.29, 1.82) is 0 Å². The lowest BCUT2D eigenvalue weighted by Crippen LogP contribution is -2.23. The lowest BCUT2D eigenvalue weighted by atomic mass is 9.93. The van der Waals surface area contributed by atoms with Crippen molar-refractivity contribution in [2.45, 2.75) is 40.2 Å². The van der Waals surface area contributed by atoms with Gasteiger partial charge in [0.25, 0.3) is 0 Å². The highest BCUT2D eigenvalue weighted by Crippen LogP contribution is 2.36. The van der Waals surface area contributed by atoms with Crippen molar-refractivity contribution >= 4 is 21.6 Å². The van der Waals surface area contributed by atoms with Crippen LogP contribution in [0, 0.1) is 5.41 Å². The van der Waals surface area contributed by atoms with E-state index in [2.05, 4.69) is 72.0 Å². The van der Waals surface area contributed by atoms with Crippen LogP contribution >= 0.6 is 15.9 Å². The first-order chi connectivity index (χ1) is 8.93. The Bertz CT molecular complexity index is 442. The molecule has 0 aliphatic carbocycles. The summed E-state index contributed by atoms with van der Waals surface area (Å²) in [6.07, 6.45) is 1.27. The summed E-state index contributed by atoms with van der Waals surface area (Å²) in [5.41, 5.74) is 3.11. The molecule has 0 amide bonds. The zero-order valence-corrected chi connectivity index (χ0v) is 14.0. The van der Waals surface area contributed by atoms with Crippen molar-refractivity contribution in [2.24, 2.45) is 5.41 Å². The molecule has 0 aromatic heterocycles. The molecule has 1 heterocycles. The predicted molar refractivity (Wildman–Crippen MR) is 86.8 cm³/mol. The van der Waals surface area contributed by atoms with Gasteiger partial charge in [0.2, 0.25) is 0 Å². The average Bonchev–Trinajstić information content (AvgIpc) is 2.69. The number of nitrogens with zero attached hydrogens (tertiary/aromatic N) is 1. The van der Waals surface area contributed by atoms with Crippen molar-refractivity contribution in [2.75, 3.05) is 24.5 Å². The molecular weight excluding hydrogens is 300 g/mol. The van der Waals surface area contributed by atoms with Gasteiger partial charge in [-0.1, -0.05) is 26.8 Å². The van der Waals surface area contributed by atoms with Crippen LogP contribution in [0.2, 0.25) is 0 Å². The van der Waals surface area contributed by atoms with Crippen molar-refractivity contribution in [3.63, 3.8) is 0 Å². The summed E-state index contributed by atoms with van der Waals surface area (Å²) in [4.78, 5) is 2.49. The molecule has 3 heteroatoms. The Balaban J connectivity index is 2.16. The maximum Gasteiger partial charge on any atom is 0.0511 e. The van der Waals surface area contributed by atoms with Crippen LogP contribution in [0.25, 0.3) is 0 Å². The molecule has 1 unspecified atom stereocenters. The molecule has 1 aromatic carbocycles. The fourth-order valence-electron chi connectivity index (χ4n) is 2.79. The number of anilines is 1. The minimum Gasteiger partial charge on any atom is -0.370 e. The molecule has 0 radical (unpaired) electrons. The Morgan fingerprint density at radius 2 is 2.16 bits per heavy atom. The Hall–Kier alpha value is -0.540. The zero-order valence-electron chi connectivity index (χ0n) is 12.5. The fourth-order valence-corrected chi connectivity index (χ4v) is 3.44. The van der Waals surface area contributed by atoms with E-state index >= 15 is 0 Å². The highest BCUT2D eigenvalue weighted by molar-refractivity contribution is 9.10. The molecule has 2 nitrogen and oxygen atoms in total. The highest BCUT2D eigenvalue weighted by Gasteiger charge is 2.30. The molecule has 1 aromatic rings. The van der Waals surface area contributed by atoms with E-state index in [1.807, 2.05) is 0 Å². The van der Waals surface area contributed by atoms with Gasteiger partial charge in [-0.2, -0.15) is 0 Å². The van der Waals surface area contributed by atoms with E-state index < -0.39 is 0 Å². The summed E-state index contributed by atoms with van der Waals surface area (Å²) >= 11 is 3.74. The van der Waals surface area contributed by atoms with Crippen molar-refractivity contribution in [3.8, 4) is 0 Å². The second-order valence-corrected chi connectivity index (χ2v) is 7.18. The van der Waals surface area contributed by atoms with E-state index in [1.165, 1.54) is 22.1 Å². The molecule has 19 heavy (non-hydrogen) atoms. The topological polar surface area (TPSA) is 15.3 Å². The summed E-state index contributed by atoms with van der Waals surface area (Å²) in [5.74, 6) is 0. The molecule has 106 valence electrons. The maximum absolute atomic E-state index is 3.74. The third-order valence-corrected chi connectivity index (χ3v) is 4.64. The van der Waals surface area contributed by atoms with Crippen LogP contribution in [-0.2, 0) is 0 Å². The summed E-state index contributed by atoms with van der Waals surface area (Å²) < 4.78 is 1.22. The predicted octanol–water partition coefficient (Wildman–Crippen LogP) is 4.36. The van der Waals surface area contributed by atoms with E-state index in [0.717, 1.165) is 19.6 Å². The minimum absolute atomic E-state index is 0.408. The standard InChI is InChI=1S/C16H25BrN2/c1-5-18-12(2)13-6-7-15(14(17)10-13)19-9-8-16(3,4)11-19/h6-7,10,12,18H,5,8-9,11H2,1-4H3. The van der Waals surface area contributed by atoms with Gasteiger partial charge in [-0.25, -0.2) is 0 Å². The molecule has 1 aliphatic rings. The molecule has 1 fully saturated rings. The van der Waals surface area contributed by atoms with Crippen molar-refractivity contribution in [1.82, 2.24) is 5.32 Å². The Morgan fingerprint density at radius 1 is 1.42 bits per heavy atom. The zero-order chi connectivity index (χ0) is 14.0. The van der Waals surface area contributed by atoms with Gasteiger partial charge < -0.3 is 10.2 Å². The first-order valence-corrected chi connectivity index (χ1v) is 8.00. The van der Waals surface area contributed by atoms with Gasteiger partial charge in [0.1, 0.15) is 0 Å². The van der Waals surface area contributed by atoms with E-state index in [9.17, 15) is 0 Å². The third kappa shape index (κ3) is 3.51. The van der Waals surface area contributed by atoms with Gasteiger partial charge in [-0.05, 0) is 58.9 Å². The molecule has 2 rings (SSSR count). The summed E-state index contributed by atoms with van der Waals surface area (Å²) in [7, 11) is 0. The minimum atomic E-state index is 0.408.